The van der Waals surface area contributed by atoms with Gasteiger partial charge in [0.2, 0.25) is 5.89 Å². The van der Waals surface area contributed by atoms with Crippen molar-refractivity contribution in [2.24, 2.45) is 0 Å². The Labute approximate surface area is 146 Å². The normalized spacial score (nSPS) is 11.2. The molecule has 102 valence electrons. The number of hydrogen-bond acceptors (Lipinski definition) is 3. The van der Waals surface area contributed by atoms with Gasteiger partial charge in [0.15, 0.2) is 5.58 Å². The number of nitrogen functional groups attached to an aromatic ring is 1. The zero-order valence-electron chi connectivity index (χ0n) is 10.4. The van der Waals surface area contributed by atoms with Crippen LogP contribution < -0.4 is 5.73 Å². The number of benzene rings is 2. The Morgan fingerprint density at radius 2 is 2.00 bits per heavy atom. The van der Waals surface area contributed by atoms with Gasteiger partial charge in [-0.3, -0.25) is 0 Å². The molecule has 0 amide bonds. The molecule has 0 unspecified atom stereocenters. The highest BCUT2D eigenvalue weighted by molar-refractivity contribution is 14.1. The van der Waals surface area contributed by atoms with Crippen molar-refractivity contribution in [3.05, 3.63) is 42.3 Å². The van der Waals surface area contributed by atoms with Crippen LogP contribution in [0.2, 0.25) is 0 Å². The molecule has 2 N–H and O–H groups in total. The van der Waals surface area contributed by atoms with Crippen molar-refractivity contribution < 1.29 is 4.42 Å². The molecule has 3 aromatic rings. The zero-order chi connectivity index (χ0) is 14.4. The number of nitrogens with zero attached hydrogens (tertiary/aromatic N) is 1. The van der Waals surface area contributed by atoms with Crippen molar-refractivity contribution >= 4 is 71.2 Å². The SMILES string of the molecule is Cc1c(Br)c(N)c(Br)c2nc(-c3cccc(I)c3)oc12. The van der Waals surface area contributed by atoms with Crippen LogP contribution in [0.3, 0.4) is 0 Å². The molecule has 0 atom stereocenters. The van der Waals surface area contributed by atoms with E-state index in [1.165, 1.54) is 0 Å². The second-order valence-electron chi connectivity index (χ2n) is 4.37. The molecule has 1 aromatic heterocycles. The summed E-state index contributed by atoms with van der Waals surface area (Å²) in [5.74, 6) is 0.597. The molecule has 6 heteroatoms. The van der Waals surface area contributed by atoms with Gasteiger partial charge in [-0.05, 0) is 79.6 Å². The molecule has 0 bridgehead atoms. The van der Waals surface area contributed by atoms with Crippen LogP contribution in [-0.2, 0) is 0 Å². The Morgan fingerprint density at radius 1 is 1.25 bits per heavy atom. The predicted octanol–water partition coefficient (Wildman–Crippen LogP) is 5.52. The largest absolute Gasteiger partial charge is 0.436 e. The van der Waals surface area contributed by atoms with Crippen molar-refractivity contribution in [3.8, 4) is 11.5 Å². The average molecular weight is 508 g/mol. The standard InChI is InChI=1S/C14H9Br2IN2O/c1-6-9(15)11(18)10(16)12-13(6)20-14(19-12)7-3-2-4-8(17)5-7/h2-5H,18H2,1H3. The highest BCUT2D eigenvalue weighted by Gasteiger charge is 2.18. The van der Waals surface area contributed by atoms with Gasteiger partial charge >= 0.3 is 0 Å². The van der Waals surface area contributed by atoms with E-state index in [1.807, 2.05) is 31.2 Å². The predicted molar refractivity (Wildman–Crippen MR) is 96.7 cm³/mol. The number of halogens is 3. The Morgan fingerprint density at radius 3 is 2.70 bits per heavy atom. The lowest BCUT2D eigenvalue weighted by atomic mass is 10.2. The highest BCUT2D eigenvalue weighted by Crippen LogP contribution is 2.40. The molecule has 2 aromatic carbocycles. The topological polar surface area (TPSA) is 52.0 Å². The molecule has 0 saturated heterocycles. The molecular weight excluding hydrogens is 499 g/mol. The van der Waals surface area contributed by atoms with E-state index in [2.05, 4.69) is 59.4 Å². The summed E-state index contributed by atoms with van der Waals surface area (Å²) in [6.07, 6.45) is 0. The van der Waals surface area contributed by atoms with Gasteiger partial charge in [0.25, 0.3) is 0 Å². The summed E-state index contributed by atoms with van der Waals surface area (Å²) in [4.78, 5) is 4.57. The molecule has 3 rings (SSSR count). The molecule has 0 aliphatic rings. The summed E-state index contributed by atoms with van der Waals surface area (Å²) in [5, 5.41) is 0. The third-order valence-electron chi connectivity index (χ3n) is 3.05. The first-order chi connectivity index (χ1) is 9.49. The maximum Gasteiger partial charge on any atom is 0.227 e. The Bertz CT molecular complexity index is 785. The minimum Gasteiger partial charge on any atom is -0.436 e. The number of oxazole rings is 1. The number of hydrogen-bond donors (Lipinski definition) is 1. The summed E-state index contributed by atoms with van der Waals surface area (Å²) in [6, 6.07) is 8.03. The van der Waals surface area contributed by atoms with E-state index in [1.54, 1.807) is 0 Å². The summed E-state index contributed by atoms with van der Waals surface area (Å²) < 4.78 is 8.65. The fraction of sp³-hybridized carbons (Fsp3) is 0.0714. The molecule has 0 spiro atoms. The van der Waals surface area contributed by atoms with E-state index in [4.69, 9.17) is 10.2 Å². The number of aromatic nitrogens is 1. The van der Waals surface area contributed by atoms with E-state index >= 15 is 0 Å². The molecule has 0 aliphatic carbocycles. The van der Waals surface area contributed by atoms with Gasteiger partial charge in [0.05, 0.1) is 10.2 Å². The second-order valence-corrected chi connectivity index (χ2v) is 7.21. The summed E-state index contributed by atoms with van der Waals surface area (Å²) in [7, 11) is 0. The van der Waals surface area contributed by atoms with Crippen molar-refractivity contribution in [1.82, 2.24) is 4.98 Å². The smallest absolute Gasteiger partial charge is 0.227 e. The number of nitrogens with two attached hydrogens (primary N) is 1. The molecule has 0 saturated carbocycles. The summed E-state index contributed by atoms with van der Waals surface area (Å²) in [5.41, 5.74) is 10.1. The first-order valence-corrected chi connectivity index (χ1v) is 8.45. The summed E-state index contributed by atoms with van der Waals surface area (Å²) in [6.45, 7) is 1.96. The highest BCUT2D eigenvalue weighted by atomic mass is 127. The van der Waals surface area contributed by atoms with Crippen molar-refractivity contribution in [1.29, 1.82) is 0 Å². The lowest BCUT2D eigenvalue weighted by Crippen LogP contribution is -1.92. The lowest BCUT2D eigenvalue weighted by molar-refractivity contribution is 0.617. The van der Waals surface area contributed by atoms with Crippen molar-refractivity contribution in [2.75, 3.05) is 5.73 Å². The number of fused-ring (bicyclic) bond motifs is 1. The van der Waals surface area contributed by atoms with E-state index < -0.39 is 0 Å². The average Bonchev–Trinajstić information content (AvgIpc) is 2.88. The van der Waals surface area contributed by atoms with E-state index in [-0.39, 0.29) is 0 Å². The Kier molecular flexibility index (Phi) is 3.81. The molecular formula is C14H9Br2IN2O. The van der Waals surface area contributed by atoms with Crippen LogP contribution in [0.5, 0.6) is 0 Å². The first kappa shape index (κ1) is 14.3. The fourth-order valence-corrected chi connectivity index (χ4v) is 3.65. The molecule has 0 radical (unpaired) electrons. The van der Waals surface area contributed by atoms with Gasteiger partial charge in [-0.2, -0.15) is 0 Å². The molecule has 0 fully saturated rings. The van der Waals surface area contributed by atoms with Gasteiger partial charge in [-0.1, -0.05) is 6.07 Å². The van der Waals surface area contributed by atoms with E-state index in [0.29, 0.717) is 11.6 Å². The van der Waals surface area contributed by atoms with Crippen LogP contribution in [-0.4, -0.2) is 4.98 Å². The van der Waals surface area contributed by atoms with Crippen LogP contribution in [0.4, 0.5) is 5.69 Å². The monoisotopic (exact) mass is 506 g/mol. The maximum atomic E-state index is 6.04. The minimum atomic E-state index is 0.597. The van der Waals surface area contributed by atoms with Gasteiger partial charge in [0, 0.05) is 19.2 Å². The van der Waals surface area contributed by atoms with Crippen LogP contribution >= 0.6 is 54.5 Å². The van der Waals surface area contributed by atoms with Gasteiger partial charge in [0.1, 0.15) is 5.52 Å². The number of anilines is 1. The molecule has 0 aliphatic heterocycles. The third-order valence-corrected chi connectivity index (χ3v) is 5.55. The second kappa shape index (κ2) is 5.31. The van der Waals surface area contributed by atoms with Crippen molar-refractivity contribution in [3.63, 3.8) is 0 Å². The first-order valence-electron chi connectivity index (χ1n) is 5.78. The van der Waals surface area contributed by atoms with Gasteiger partial charge < -0.3 is 10.2 Å². The Balaban J connectivity index is 2.31. The van der Waals surface area contributed by atoms with Crippen molar-refractivity contribution in [2.45, 2.75) is 6.92 Å². The maximum absolute atomic E-state index is 6.04. The van der Waals surface area contributed by atoms with E-state index in [0.717, 1.165) is 34.7 Å². The fourth-order valence-electron chi connectivity index (χ4n) is 1.99. The van der Waals surface area contributed by atoms with E-state index in [9.17, 15) is 0 Å². The van der Waals surface area contributed by atoms with Gasteiger partial charge in [-0.25, -0.2) is 4.98 Å². The lowest BCUT2D eigenvalue weighted by Gasteiger charge is -2.05. The van der Waals surface area contributed by atoms with Crippen LogP contribution in [0, 0.1) is 10.5 Å². The minimum absolute atomic E-state index is 0.597. The van der Waals surface area contributed by atoms with Crippen LogP contribution in [0.15, 0.2) is 37.6 Å². The van der Waals surface area contributed by atoms with Crippen LogP contribution in [0.25, 0.3) is 22.6 Å². The van der Waals surface area contributed by atoms with Crippen LogP contribution in [0.1, 0.15) is 5.56 Å². The summed E-state index contributed by atoms with van der Waals surface area (Å²) >= 11 is 9.24. The molecule has 20 heavy (non-hydrogen) atoms. The zero-order valence-corrected chi connectivity index (χ0v) is 15.7. The quantitative estimate of drug-likeness (QED) is 0.349. The Hall–Kier alpha value is -0.600. The number of rotatable bonds is 1. The molecule has 3 nitrogen and oxygen atoms in total. The van der Waals surface area contributed by atoms with Gasteiger partial charge in [-0.15, -0.1) is 0 Å². The molecule has 1 heterocycles. The third kappa shape index (κ3) is 2.27. The number of aryl methyl sites for hydroxylation is 1.